The van der Waals surface area contributed by atoms with Crippen LogP contribution in [0.1, 0.15) is 26.4 Å². The van der Waals surface area contributed by atoms with E-state index in [1.165, 1.54) is 4.90 Å². The molecule has 0 N–H and O–H groups in total. The number of thiophene rings is 1. The summed E-state index contributed by atoms with van der Waals surface area (Å²) in [5, 5.41) is 2.03. The van der Waals surface area contributed by atoms with Crippen molar-refractivity contribution in [2.24, 2.45) is 0 Å². The molecular formula is C28H31BrN2O4S. The maximum atomic E-state index is 13.6. The Morgan fingerprint density at radius 3 is 2.36 bits per heavy atom. The molecule has 0 atom stereocenters. The number of carbonyl (C=O) groups is 2. The van der Waals surface area contributed by atoms with Gasteiger partial charge in [0.1, 0.15) is 6.54 Å². The van der Waals surface area contributed by atoms with E-state index in [1.54, 1.807) is 43.8 Å². The van der Waals surface area contributed by atoms with Crippen molar-refractivity contribution in [2.75, 3.05) is 33.9 Å². The van der Waals surface area contributed by atoms with E-state index in [0.717, 1.165) is 20.5 Å². The summed E-state index contributed by atoms with van der Waals surface area (Å²) in [5.41, 5.74) is 2.71. The van der Waals surface area contributed by atoms with Crippen LogP contribution >= 0.6 is 27.3 Å². The van der Waals surface area contributed by atoms with Crippen LogP contribution in [0.5, 0.6) is 11.5 Å². The van der Waals surface area contributed by atoms with Crippen molar-refractivity contribution in [3.8, 4) is 11.5 Å². The highest BCUT2D eigenvalue weighted by Gasteiger charge is 2.23. The second-order valence-electron chi connectivity index (χ2n) is 8.26. The first kappa shape index (κ1) is 27.5. The number of methoxy groups -OCH3 is 2. The number of hydrogen-bond donors (Lipinski definition) is 0. The van der Waals surface area contributed by atoms with E-state index in [9.17, 15) is 9.59 Å². The lowest BCUT2D eigenvalue weighted by Gasteiger charge is -2.27. The highest BCUT2D eigenvalue weighted by Crippen LogP contribution is 2.28. The molecule has 8 heteroatoms. The molecule has 3 aromatic rings. The lowest BCUT2D eigenvalue weighted by molar-refractivity contribution is -0.132. The number of hydrogen-bond acceptors (Lipinski definition) is 5. The maximum Gasteiger partial charge on any atom is 0.254 e. The second-order valence-corrected chi connectivity index (χ2v) is 10.2. The molecule has 0 bridgehead atoms. The molecule has 36 heavy (non-hydrogen) atoms. The van der Waals surface area contributed by atoms with Crippen LogP contribution in [-0.2, 0) is 17.8 Å². The highest BCUT2D eigenvalue weighted by atomic mass is 79.9. The Balaban J connectivity index is 1.79. The molecule has 0 unspecified atom stereocenters. The third kappa shape index (κ3) is 7.21. The standard InChI is InChI=1S/C28H31BrN2O4S/c1-5-14-31(28(33)22-7-9-23(29)10-8-22)19-27(32)30(18-26-20(2)13-16-36-26)15-12-21-6-11-24(34-3)25(17-21)35-4/h5-11,13,16-17H,1,12,14-15,18-19H2,2-4H3. The van der Waals surface area contributed by atoms with E-state index in [-0.39, 0.29) is 24.9 Å². The number of aryl methyl sites for hydroxylation is 1. The van der Waals surface area contributed by atoms with Gasteiger partial charge in [-0.1, -0.05) is 28.1 Å². The number of carbonyl (C=O) groups excluding carboxylic acids is 2. The van der Waals surface area contributed by atoms with Crippen LogP contribution in [-0.4, -0.2) is 55.5 Å². The van der Waals surface area contributed by atoms with Crippen molar-refractivity contribution < 1.29 is 19.1 Å². The minimum atomic E-state index is -0.206. The van der Waals surface area contributed by atoms with E-state index in [1.807, 2.05) is 47.5 Å². The van der Waals surface area contributed by atoms with Gasteiger partial charge in [0.25, 0.3) is 5.91 Å². The first-order valence-electron chi connectivity index (χ1n) is 11.5. The van der Waals surface area contributed by atoms with Gasteiger partial charge in [-0.25, -0.2) is 0 Å². The molecule has 0 saturated carbocycles. The zero-order valence-corrected chi connectivity index (χ0v) is 23.2. The summed E-state index contributed by atoms with van der Waals surface area (Å²) in [7, 11) is 3.21. The highest BCUT2D eigenvalue weighted by molar-refractivity contribution is 9.10. The predicted octanol–water partition coefficient (Wildman–Crippen LogP) is 5.74. The Morgan fingerprint density at radius 1 is 1.03 bits per heavy atom. The molecule has 2 aromatic carbocycles. The van der Waals surface area contributed by atoms with Crippen LogP contribution < -0.4 is 9.47 Å². The number of rotatable bonds is 12. The summed E-state index contributed by atoms with van der Waals surface area (Å²) in [4.78, 5) is 31.2. The van der Waals surface area contributed by atoms with Crippen LogP contribution in [0.4, 0.5) is 0 Å². The van der Waals surface area contributed by atoms with Gasteiger partial charge in [-0.3, -0.25) is 9.59 Å². The lowest BCUT2D eigenvalue weighted by Crippen LogP contribution is -2.43. The Labute approximate surface area is 225 Å². The van der Waals surface area contributed by atoms with E-state index in [0.29, 0.717) is 36.6 Å². The maximum absolute atomic E-state index is 13.6. The van der Waals surface area contributed by atoms with Crippen LogP contribution in [0.2, 0.25) is 0 Å². The first-order valence-corrected chi connectivity index (χ1v) is 13.2. The molecule has 3 rings (SSSR count). The van der Waals surface area contributed by atoms with Crippen LogP contribution in [0.25, 0.3) is 0 Å². The fraction of sp³-hybridized carbons (Fsp3) is 0.286. The van der Waals surface area contributed by atoms with Crippen molar-refractivity contribution >= 4 is 39.1 Å². The molecule has 0 aliphatic heterocycles. The lowest BCUT2D eigenvalue weighted by atomic mass is 10.1. The van der Waals surface area contributed by atoms with E-state index in [2.05, 4.69) is 28.6 Å². The van der Waals surface area contributed by atoms with Crippen LogP contribution in [0.15, 0.2) is 71.0 Å². The van der Waals surface area contributed by atoms with Crippen LogP contribution in [0, 0.1) is 6.92 Å². The van der Waals surface area contributed by atoms with Gasteiger partial charge in [-0.05, 0) is 72.3 Å². The fourth-order valence-electron chi connectivity index (χ4n) is 3.74. The van der Waals surface area contributed by atoms with Crippen molar-refractivity contribution in [2.45, 2.75) is 19.9 Å². The monoisotopic (exact) mass is 570 g/mol. The molecule has 1 heterocycles. The number of benzene rings is 2. The molecule has 0 aliphatic rings. The molecular weight excluding hydrogens is 540 g/mol. The van der Waals surface area contributed by atoms with Gasteiger partial charge < -0.3 is 19.3 Å². The van der Waals surface area contributed by atoms with E-state index >= 15 is 0 Å². The minimum Gasteiger partial charge on any atom is -0.493 e. The quantitative estimate of drug-likeness (QED) is 0.261. The van der Waals surface area contributed by atoms with Gasteiger partial charge >= 0.3 is 0 Å². The summed E-state index contributed by atoms with van der Waals surface area (Å²) in [6.45, 7) is 7.06. The summed E-state index contributed by atoms with van der Waals surface area (Å²) in [5.74, 6) is 0.993. The molecule has 190 valence electrons. The zero-order valence-electron chi connectivity index (χ0n) is 20.8. The number of amides is 2. The Hall–Kier alpha value is -3.10. The summed E-state index contributed by atoms with van der Waals surface area (Å²) >= 11 is 5.02. The Morgan fingerprint density at radius 2 is 1.75 bits per heavy atom. The summed E-state index contributed by atoms with van der Waals surface area (Å²) in [6.07, 6.45) is 2.28. The SMILES string of the molecule is C=CCN(CC(=O)N(CCc1ccc(OC)c(OC)c1)Cc1sccc1C)C(=O)c1ccc(Br)cc1. The topological polar surface area (TPSA) is 59.1 Å². The third-order valence-electron chi connectivity index (χ3n) is 5.83. The van der Waals surface area contributed by atoms with Gasteiger partial charge in [-0.2, -0.15) is 0 Å². The van der Waals surface area contributed by atoms with Gasteiger partial charge in [-0.15, -0.1) is 17.9 Å². The minimum absolute atomic E-state index is 0.0305. The second kappa shape index (κ2) is 13.3. The number of ether oxygens (including phenoxy) is 2. The van der Waals surface area contributed by atoms with E-state index < -0.39 is 0 Å². The number of halogens is 1. The molecule has 1 aromatic heterocycles. The van der Waals surface area contributed by atoms with Gasteiger partial charge in [0, 0.05) is 28.0 Å². The fourth-order valence-corrected chi connectivity index (χ4v) is 4.93. The van der Waals surface area contributed by atoms with Crippen molar-refractivity contribution in [3.05, 3.63) is 92.6 Å². The molecule has 0 radical (unpaired) electrons. The van der Waals surface area contributed by atoms with Crippen molar-refractivity contribution in [3.63, 3.8) is 0 Å². The van der Waals surface area contributed by atoms with Gasteiger partial charge in [0.2, 0.25) is 5.91 Å². The summed E-state index contributed by atoms with van der Waals surface area (Å²) < 4.78 is 11.6. The third-order valence-corrected chi connectivity index (χ3v) is 7.36. The first-order chi connectivity index (χ1) is 17.4. The normalized spacial score (nSPS) is 10.6. The van der Waals surface area contributed by atoms with Gasteiger partial charge in [0.15, 0.2) is 11.5 Å². The number of nitrogens with zero attached hydrogens (tertiary/aromatic N) is 2. The van der Waals surface area contributed by atoms with Crippen LogP contribution in [0.3, 0.4) is 0 Å². The largest absolute Gasteiger partial charge is 0.493 e. The molecule has 0 spiro atoms. The molecule has 2 amide bonds. The van der Waals surface area contributed by atoms with Crippen molar-refractivity contribution in [1.82, 2.24) is 9.80 Å². The Bertz CT molecular complexity index is 1190. The van der Waals surface area contributed by atoms with Crippen molar-refractivity contribution in [1.29, 1.82) is 0 Å². The molecule has 0 saturated heterocycles. The molecule has 0 fully saturated rings. The predicted molar refractivity (Wildman–Crippen MR) is 148 cm³/mol. The Kier molecular flexibility index (Phi) is 10.1. The average molecular weight is 572 g/mol. The summed E-state index contributed by atoms with van der Waals surface area (Å²) in [6, 6.07) is 14.9. The van der Waals surface area contributed by atoms with Gasteiger partial charge in [0.05, 0.1) is 20.8 Å². The zero-order chi connectivity index (χ0) is 26.1. The average Bonchev–Trinajstić information content (AvgIpc) is 3.29. The molecule has 6 nitrogen and oxygen atoms in total. The van der Waals surface area contributed by atoms with E-state index in [4.69, 9.17) is 9.47 Å². The smallest absolute Gasteiger partial charge is 0.254 e. The molecule has 0 aliphatic carbocycles.